The van der Waals surface area contributed by atoms with Crippen LogP contribution in [0.25, 0.3) is 33.4 Å². The highest BCUT2D eigenvalue weighted by atomic mass is 16.5. The fourth-order valence-corrected chi connectivity index (χ4v) is 4.58. The molecule has 0 N–H and O–H groups in total. The molecule has 0 aliphatic rings. The zero-order valence-corrected chi connectivity index (χ0v) is 24.1. The quantitative estimate of drug-likeness (QED) is 0.175. The van der Waals surface area contributed by atoms with Gasteiger partial charge in [0.25, 0.3) is 0 Å². The zero-order valence-electron chi connectivity index (χ0n) is 24.1. The fraction of sp³-hybridized carbons (Fsp3) is 0.182. The van der Waals surface area contributed by atoms with Crippen molar-refractivity contribution in [3.63, 3.8) is 0 Å². The molecule has 4 aromatic carbocycles. The van der Waals surface area contributed by atoms with Crippen LogP contribution in [0.2, 0.25) is 0 Å². The van der Waals surface area contributed by atoms with Crippen molar-refractivity contribution in [2.75, 3.05) is 42.7 Å². The Morgan fingerprint density at radius 3 is 0.857 bits per heavy atom. The number of benzene rings is 4. The molecular formula is C33H30O9. The van der Waals surface area contributed by atoms with Crippen LogP contribution in [-0.4, -0.2) is 60.6 Å². The number of hydrogen-bond acceptors (Lipinski definition) is 9. The number of rotatable bonds is 9. The maximum atomic E-state index is 12.2. The molecule has 4 rings (SSSR count). The Hall–Kier alpha value is -5.31. The number of ether oxygens (including phenoxy) is 6. The molecule has 0 bridgehead atoms. The van der Waals surface area contributed by atoms with E-state index in [9.17, 15) is 14.4 Å². The average molecular weight is 571 g/mol. The first-order valence-electron chi connectivity index (χ1n) is 12.7. The Balaban J connectivity index is 1.94. The highest BCUT2D eigenvalue weighted by Crippen LogP contribution is 2.38. The smallest absolute Gasteiger partial charge is 0.341 e. The van der Waals surface area contributed by atoms with Gasteiger partial charge in [0.15, 0.2) is 0 Å². The largest absolute Gasteiger partial charge is 0.496 e. The van der Waals surface area contributed by atoms with Gasteiger partial charge in [-0.25, -0.2) is 14.4 Å². The van der Waals surface area contributed by atoms with Gasteiger partial charge in [-0.05, 0) is 88.0 Å². The van der Waals surface area contributed by atoms with Crippen molar-refractivity contribution in [3.8, 4) is 50.6 Å². The Bertz CT molecular complexity index is 1450. The van der Waals surface area contributed by atoms with E-state index in [-0.39, 0.29) is 0 Å². The second-order valence-corrected chi connectivity index (χ2v) is 9.02. The van der Waals surface area contributed by atoms with Crippen LogP contribution in [0.15, 0.2) is 72.8 Å². The van der Waals surface area contributed by atoms with Crippen LogP contribution in [0.4, 0.5) is 0 Å². The van der Waals surface area contributed by atoms with E-state index in [0.717, 1.165) is 33.4 Å². The summed E-state index contributed by atoms with van der Waals surface area (Å²) in [6.07, 6.45) is 0. The molecule has 0 amide bonds. The molecule has 0 atom stereocenters. The monoisotopic (exact) mass is 570 g/mol. The third-order valence-electron chi connectivity index (χ3n) is 6.75. The van der Waals surface area contributed by atoms with Crippen LogP contribution in [0, 0.1) is 0 Å². The minimum absolute atomic E-state index is 0.298. The van der Waals surface area contributed by atoms with Crippen LogP contribution in [-0.2, 0) is 14.2 Å². The van der Waals surface area contributed by atoms with Gasteiger partial charge in [-0.3, -0.25) is 0 Å². The van der Waals surface area contributed by atoms with Crippen LogP contribution < -0.4 is 14.2 Å². The van der Waals surface area contributed by atoms with Crippen molar-refractivity contribution in [1.29, 1.82) is 0 Å². The Morgan fingerprint density at radius 1 is 0.381 bits per heavy atom. The van der Waals surface area contributed by atoms with Crippen molar-refractivity contribution in [2.24, 2.45) is 0 Å². The summed E-state index contributed by atoms with van der Waals surface area (Å²) in [4.78, 5) is 36.7. The van der Waals surface area contributed by atoms with E-state index in [1.807, 2.05) is 18.2 Å². The van der Waals surface area contributed by atoms with E-state index in [1.165, 1.54) is 42.7 Å². The fourth-order valence-electron chi connectivity index (χ4n) is 4.58. The summed E-state index contributed by atoms with van der Waals surface area (Å²) in [5.41, 5.74) is 5.65. The molecule has 216 valence electrons. The number of carbonyl (C=O) groups is 3. The number of carbonyl (C=O) groups excluding carboxylic acids is 3. The van der Waals surface area contributed by atoms with Gasteiger partial charge in [0.1, 0.15) is 33.9 Å². The molecule has 0 heterocycles. The van der Waals surface area contributed by atoms with Crippen LogP contribution in [0.5, 0.6) is 17.2 Å². The van der Waals surface area contributed by atoms with Crippen molar-refractivity contribution in [1.82, 2.24) is 0 Å². The maximum absolute atomic E-state index is 12.2. The van der Waals surface area contributed by atoms with Gasteiger partial charge in [-0.2, -0.15) is 0 Å². The Kier molecular flexibility index (Phi) is 9.12. The molecule has 0 saturated carbocycles. The number of methoxy groups -OCH3 is 6. The first kappa shape index (κ1) is 29.7. The van der Waals surface area contributed by atoms with Crippen LogP contribution >= 0.6 is 0 Å². The normalized spacial score (nSPS) is 10.4. The predicted octanol–water partition coefficient (Wildman–Crippen LogP) is 6.07. The van der Waals surface area contributed by atoms with E-state index in [0.29, 0.717) is 33.9 Å². The summed E-state index contributed by atoms with van der Waals surface area (Å²) in [6, 6.07) is 21.6. The van der Waals surface area contributed by atoms with Crippen LogP contribution in [0.1, 0.15) is 31.1 Å². The average Bonchev–Trinajstić information content (AvgIpc) is 3.05. The van der Waals surface area contributed by atoms with Gasteiger partial charge in [0.05, 0.1) is 42.7 Å². The lowest BCUT2D eigenvalue weighted by molar-refractivity contribution is 0.0588. The highest BCUT2D eigenvalue weighted by molar-refractivity contribution is 5.96. The molecule has 9 heteroatoms. The predicted molar refractivity (Wildman–Crippen MR) is 156 cm³/mol. The molecule has 4 aromatic rings. The van der Waals surface area contributed by atoms with Crippen molar-refractivity contribution < 1.29 is 42.8 Å². The van der Waals surface area contributed by atoms with Gasteiger partial charge in [0, 0.05) is 0 Å². The van der Waals surface area contributed by atoms with Gasteiger partial charge >= 0.3 is 17.9 Å². The molecule has 0 aliphatic carbocycles. The topological polar surface area (TPSA) is 107 Å². The zero-order chi connectivity index (χ0) is 30.4. The van der Waals surface area contributed by atoms with Crippen molar-refractivity contribution >= 4 is 17.9 Å². The second-order valence-electron chi connectivity index (χ2n) is 9.02. The second kappa shape index (κ2) is 12.9. The summed E-state index contributed by atoms with van der Waals surface area (Å²) in [5.74, 6) is -0.450. The Labute approximate surface area is 243 Å². The molecule has 0 saturated heterocycles. The molecule has 0 spiro atoms. The molecular weight excluding hydrogens is 540 g/mol. The van der Waals surface area contributed by atoms with Gasteiger partial charge < -0.3 is 28.4 Å². The summed E-state index contributed by atoms with van der Waals surface area (Å²) in [5, 5.41) is 0. The van der Waals surface area contributed by atoms with Gasteiger partial charge in [-0.15, -0.1) is 0 Å². The lowest BCUT2D eigenvalue weighted by atomic mass is 9.92. The maximum Gasteiger partial charge on any atom is 0.341 e. The summed E-state index contributed by atoms with van der Waals surface area (Å²) in [7, 11) is 8.38. The number of esters is 3. The molecule has 0 fully saturated rings. The Morgan fingerprint density at radius 2 is 0.643 bits per heavy atom. The molecule has 0 aliphatic heterocycles. The van der Waals surface area contributed by atoms with E-state index in [4.69, 9.17) is 28.4 Å². The third-order valence-corrected chi connectivity index (χ3v) is 6.75. The summed E-state index contributed by atoms with van der Waals surface area (Å²) >= 11 is 0. The van der Waals surface area contributed by atoms with E-state index in [2.05, 4.69) is 0 Å². The lowest BCUT2D eigenvalue weighted by Crippen LogP contribution is -2.04. The summed E-state index contributed by atoms with van der Waals surface area (Å²) in [6.45, 7) is 0. The molecule has 0 unspecified atom stereocenters. The molecule has 9 nitrogen and oxygen atoms in total. The minimum atomic E-state index is -0.511. The summed E-state index contributed by atoms with van der Waals surface area (Å²) < 4.78 is 31.1. The molecule has 0 radical (unpaired) electrons. The van der Waals surface area contributed by atoms with E-state index >= 15 is 0 Å². The lowest BCUT2D eigenvalue weighted by Gasteiger charge is -2.15. The van der Waals surface area contributed by atoms with Crippen LogP contribution in [0.3, 0.4) is 0 Å². The van der Waals surface area contributed by atoms with E-state index < -0.39 is 17.9 Å². The molecule has 0 aromatic heterocycles. The highest BCUT2D eigenvalue weighted by Gasteiger charge is 2.18. The van der Waals surface area contributed by atoms with Crippen molar-refractivity contribution in [3.05, 3.63) is 89.5 Å². The standard InChI is InChI=1S/C33H30O9/c1-37-28-16-19(7-10-25(28)31(34)40-4)22-13-23(20-8-11-26(32(35)41-5)29(17-20)38-2)15-24(14-22)21-9-12-27(33(36)42-6)30(18-21)39-3/h7-18H,1-6H3. The minimum Gasteiger partial charge on any atom is -0.496 e. The van der Waals surface area contributed by atoms with Gasteiger partial charge in [-0.1, -0.05) is 18.2 Å². The third kappa shape index (κ3) is 5.90. The SMILES string of the molecule is COC(=O)c1ccc(-c2cc(-c3ccc(C(=O)OC)c(OC)c3)cc(-c3ccc(C(=O)OC)c(OC)c3)c2)cc1OC. The number of hydrogen-bond donors (Lipinski definition) is 0. The molecule has 42 heavy (non-hydrogen) atoms. The van der Waals surface area contributed by atoms with Gasteiger partial charge in [0.2, 0.25) is 0 Å². The van der Waals surface area contributed by atoms with Crippen molar-refractivity contribution in [2.45, 2.75) is 0 Å². The first-order valence-corrected chi connectivity index (χ1v) is 12.7. The first-order chi connectivity index (χ1) is 20.3. The van der Waals surface area contributed by atoms with E-state index in [1.54, 1.807) is 54.6 Å².